The number of carbonyl (C=O) groups excluding carboxylic acids is 1. The Kier molecular flexibility index (Phi) is 6.47. The molecule has 0 saturated carbocycles. The minimum atomic E-state index is -0.00395. The third-order valence-electron chi connectivity index (χ3n) is 5.00. The summed E-state index contributed by atoms with van der Waals surface area (Å²) in [6.07, 6.45) is 3.82. The zero-order valence-electron chi connectivity index (χ0n) is 14.9. The molecule has 0 bridgehead atoms. The fourth-order valence-electron chi connectivity index (χ4n) is 3.49. The number of hydrogen-bond acceptors (Lipinski definition) is 5. The van der Waals surface area contributed by atoms with Gasteiger partial charge < -0.3 is 19.7 Å². The average molecular weight is 348 g/mol. The van der Waals surface area contributed by atoms with Crippen LogP contribution in [0, 0.1) is 5.92 Å². The van der Waals surface area contributed by atoms with E-state index in [1.165, 1.54) is 0 Å². The van der Waals surface area contributed by atoms with Crippen molar-refractivity contribution < 1.29 is 14.3 Å². The molecule has 1 N–H and O–H groups in total. The number of aromatic nitrogens is 1. The Morgan fingerprint density at radius 2 is 2.08 bits per heavy atom. The number of rotatable bonds is 5. The summed E-state index contributed by atoms with van der Waals surface area (Å²) in [5, 5.41) is 2.98. The van der Waals surface area contributed by atoms with Gasteiger partial charge in [-0.1, -0.05) is 6.07 Å². The first-order valence-electron chi connectivity index (χ1n) is 9.07. The van der Waals surface area contributed by atoms with Crippen LogP contribution in [-0.4, -0.2) is 73.9 Å². The minimum absolute atomic E-state index is 0.00395. The molecule has 0 unspecified atom stereocenters. The largest absolute Gasteiger partial charge is 0.481 e. The molecule has 0 aliphatic carbocycles. The summed E-state index contributed by atoms with van der Waals surface area (Å²) >= 11 is 0. The van der Waals surface area contributed by atoms with Gasteiger partial charge in [-0.2, -0.15) is 0 Å². The minimum Gasteiger partial charge on any atom is -0.481 e. The highest BCUT2D eigenvalue weighted by atomic mass is 16.5. The number of pyridine rings is 1. The van der Waals surface area contributed by atoms with Crippen molar-refractivity contribution in [3.8, 4) is 5.88 Å². The van der Waals surface area contributed by atoms with Gasteiger partial charge in [0.25, 0.3) is 0 Å². The standard InChI is InChI=1S/C18H28N4O3/c1-24-17-16(3-2-6-19-17)13-20-18(23)22-7-4-15(5-8-22)14-21-9-11-25-12-10-21/h2-3,6,15H,4-5,7-14H2,1H3,(H,20,23). The monoisotopic (exact) mass is 348 g/mol. The second kappa shape index (κ2) is 9.01. The van der Waals surface area contributed by atoms with Crippen molar-refractivity contribution in [3.63, 3.8) is 0 Å². The molecular formula is C18H28N4O3. The van der Waals surface area contributed by atoms with Crippen molar-refractivity contribution in [2.24, 2.45) is 5.92 Å². The summed E-state index contributed by atoms with van der Waals surface area (Å²) in [5.74, 6) is 1.24. The SMILES string of the molecule is COc1ncccc1CNC(=O)N1CCC(CN2CCOCC2)CC1. The number of amides is 2. The quantitative estimate of drug-likeness (QED) is 0.870. The van der Waals surface area contributed by atoms with E-state index >= 15 is 0 Å². The molecule has 2 aliphatic heterocycles. The highest BCUT2D eigenvalue weighted by molar-refractivity contribution is 5.74. The van der Waals surface area contributed by atoms with Crippen molar-refractivity contribution in [2.75, 3.05) is 53.0 Å². The zero-order valence-corrected chi connectivity index (χ0v) is 14.9. The van der Waals surface area contributed by atoms with Crippen molar-refractivity contribution in [1.29, 1.82) is 0 Å². The molecule has 1 aromatic heterocycles. The first-order valence-corrected chi connectivity index (χ1v) is 9.07. The second-order valence-corrected chi connectivity index (χ2v) is 6.67. The van der Waals surface area contributed by atoms with E-state index in [2.05, 4.69) is 15.2 Å². The lowest BCUT2D eigenvalue weighted by molar-refractivity contribution is 0.0258. The van der Waals surface area contributed by atoms with E-state index in [0.29, 0.717) is 18.3 Å². The Morgan fingerprint density at radius 3 is 2.80 bits per heavy atom. The number of nitrogens with one attached hydrogen (secondary N) is 1. The van der Waals surface area contributed by atoms with Gasteiger partial charge in [0.2, 0.25) is 5.88 Å². The van der Waals surface area contributed by atoms with Crippen LogP contribution in [0.2, 0.25) is 0 Å². The number of carbonyl (C=O) groups is 1. The summed E-state index contributed by atoms with van der Waals surface area (Å²) < 4.78 is 10.6. The molecule has 2 aliphatic rings. The number of nitrogens with zero attached hydrogens (tertiary/aromatic N) is 3. The fourth-order valence-corrected chi connectivity index (χ4v) is 3.49. The third kappa shape index (κ3) is 5.06. The van der Waals surface area contributed by atoms with Crippen LogP contribution in [0.15, 0.2) is 18.3 Å². The molecule has 0 radical (unpaired) electrons. The van der Waals surface area contributed by atoms with Crippen LogP contribution in [0.5, 0.6) is 5.88 Å². The summed E-state index contributed by atoms with van der Waals surface area (Å²) in [4.78, 5) is 20.9. The maximum absolute atomic E-state index is 12.4. The predicted molar refractivity (Wildman–Crippen MR) is 94.6 cm³/mol. The van der Waals surface area contributed by atoms with E-state index < -0.39 is 0 Å². The van der Waals surface area contributed by atoms with Crippen LogP contribution in [0.3, 0.4) is 0 Å². The predicted octanol–water partition coefficient (Wildman–Crippen LogP) is 1.34. The highest BCUT2D eigenvalue weighted by Gasteiger charge is 2.25. The molecule has 0 atom stereocenters. The van der Waals surface area contributed by atoms with Gasteiger partial charge in [0.1, 0.15) is 0 Å². The van der Waals surface area contributed by atoms with Crippen molar-refractivity contribution in [2.45, 2.75) is 19.4 Å². The van der Waals surface area contributed by atoms with Crippen LogP contribution in [0.1, 0.15) is 18.4 Å². The third-order valence-corrected chi connectivity index (χ3v) is 5.00. The van der Waals surface area contributed by atoms with Gasteiger partial charge in [0.15, 0.2) is 0 Å². The second-order valence-electron chi connectivity index (χ2n) is 6.67. The molecule has 7 nitrogen and oxygen atoms in total. The zero-order chi connectivity index (χ0) is 17.5. The molecule has 1 aromatic rings. The molecule has 0 aromatic carbocycles. The summed E-state index contributed by atoms with van der Waals surface area (Å²) in [6, 6.07) is 3.76. The Hall–Kier alpha value is -1.86. The van der Waals surface area contributed by atoms with Gasteiger partial charge in [-0.25, -0.2) is 9.78 Å². The van der Waals surface area contributed by atoms with Crippen LogP contribution < -0.4 is 10.1 Å². The van der Waals surface area contributed by atoms with Crippen LogP contribution in [0.25, 0.3) is 0 Å². The van der Waals surface area contributed by atoms with Crippen molar-refractivity contribution in [3.05, 3.63) is 23.9 Å². The lowest BCUT2D eigenvalue weighted by Gasteiger charge is -2.36. The van der Waals surface area contributed by atoms with Gasteiger partial charge in [-0.05, 0) is 24.8 Å². The van der Waals surface area contributed by atoms with Crippen molar-refractivity contribution >= 4 is 6.03 Å². The van der Waals surface area contributed by atoms with Crippen LogP contribution in [-0.2, 0) is 11.3 Å². The highest BCUT2D eigenvalue weighted by Crippen LogP contribution is 2.19. The smallest absolute Gasteiger partial charge is 0.317 e. The van der Waals surface area contributed by atoms with Gasteiger partial charge in [0.05, 0.1) is 20.3 Å². The van der Waals surface area contributed by atoms with E-state index in [1.54, 1.807) is 13.3 Å². The van der Waals surface area contributed by atoms with Gasteiger partial charge in [-0.3, -0.25) is 4.90 Å². The molecule has 2 saturated heterocycles. The number of ether oxygens (including phenoxy) is 2. The number of morpholine rings is 1. The van der Waals surface area contributed by atoms with E-state index in [1.807, 2.05) is 17.0 Å². The molecule has 0 spiro atoms. The topological polar surface area (TPSA) is 66.9 Å². The Balaban J connectivity index is 1.40. The number of likely N-dealkylation sites (tertiary alicyclic amines) is 1. The summed E-state index contributed by atoms with van der Waals surface area (Å²) in [5.41, 5.74) is 0.889. The first-order chi connectivity index (χ1) is 12.3. The molecule has 2 fully saturated rings. The maximum Gasteiger partial charge on any atom is 0.317 e. The maximum atomic E-state index is 12.4. The Bertz CT molecular complexity index is 555. The van der Waals surface area contributed by atoms with E-state index in [-0.39, 0.29) is 6.03 Å². The van der Waals surface area contributed by atoms with E-state index in [9.17, 15) is 4.79 Å². The number of urea groups is 1. The van der Waals surface area contributed by atoms with Gasteiger partial charge in [0, 0.05) is 51.0 Å². The molecule has 25 heavy (non-hydrogen) atoms. The fraction of sp³-hybridized carbons (Fsp3) is 0.667. The Morgan fingerprint density at radius 1 is 1.32 bits per heavy atom. The molecule has 3 rings (SSSR count). The molecule has 3 heterocycles. The number of piperidine rings is 1. The summed E-state index contributed by atoms with van der Waals surface area (Å²) in [6.45, 7) is 6.98. The van der Waals surface area contributed by atoms with Crippen molar-refractivity contribution in [1.82, 2.24) is 20.1 Å². The number of hydrogen-bond donors (Lipinski definition) is 1. The Labute approximate surface area is 149 Å². The molecule has 2 amide bonds. The van der Waals surface area contributed by atoms with E-state index in [4.69, 9.17) is 9.47 Å². The number of methoxy groups -OCH3 is 1. The molecule has 7 heteroatoms. The normalized spacial score (nSPS) is 19.6. The van der Waals surface area contributed by atoms with Crippen LogP contribution in [0.4, 0.5) is 4.79 Å². The van der Waals surface area contributed by atoms with Gasteiger partial charge >= 0.3 is 6.03 Å². The lowest BCUT2D eigenvalue weighted by Crippen LogP contribution is -2.47. The molecule has 138 valence electrons. The summed E-state index contributed by atoms with van der Waals surface area (Å²) in [7, 11) is 1.59. The van der Waals surface area contributed by atoms with Crippen LogP contribution >= 0.6 is 0 Å². The average Bonchev–Trinajstić information content (AvgIpc) is 2.67. The molecular weight excluding hydrogens is 320 g/mol. The lowest BCUT2D eigenvalue weighted by atomic mass is 9.96. The van der Waals surface area contributed by atoms with Gasteiger partial charge in [-0.15, -0.1) is 0 Å². The van der Waals surface area contributed by atoms with E-state index in [0.717, 1.165) is 64.3 Å². The first kappa shape index (κ1) is 17.9.